The molecule has 2 aromatic carbocycles. The third kappa shape index (κ3) is 3.47. The van der Waals surface area contributed by atoms with Gasteiger partial charge in [-0.2, -0.15) is 0 Å². The highest BCUT2D eigenvalue weighted by molar-refractivity contribution is 6.31. The van der Waals surface area contributed by atoms with Crippen molar-refractivity contribution in [1.82, 2.24) is 6.15 Å². The van der Waals surface area contributed by atoms with Crippen LogP contribution in [0.4, 0.5) is 0 Å². The van der Waals surface area contributed by atoms with Gasteiger partial charge in [0.2, 0.25) is 0 Å². The fraction of sp³-hybridized carbons (Fsp3) is 0.318. The fourth-order valence-electron chi connectivity index (χ4n) is 4.58. The van der Waals surface area contributed by atoms with Crippen LogP contribution in [0.25, 0.3) is 0 Å². The number of aliphatic hydroxyl groups is 4. The zero-order chi connectivity index (χ0) is 26.1. The number of phenols is 4. The first-order chi connectivity index (χ1) is 16.3. The van der Waals surface area contributed by atoms with Crippen molar-refractivity contribution < 1.29 is 65.1 Å². The summed E-state index contributed by atoms with van der Waals surface area (Å²) in [6, 6.07) is 0.716. The Balaban J connectivity index is 0.00000361. The number of aromatic hydroxyl groups is 4. The Kier molecular flexibility index (Phi) is 6.71. The molecule has 14 heteroatoms. The molecule has 1 saturated heterocycles. The number of carbonyl (C=O) groups excluding carboxylic acids is 2. The molecular weight excluding hydrogens is 486 g/mol. The van der Waals surface area contributed by atoms with E-state index >= 15 is 0 Å². The number of ketones is 2. The van der Waals surface area contributed by atoms with Crippen LogP contribution in [0.1, 0.15) is 59.4 Å². The molecule has 1 aliphatic carbocycles. The second-order valence-corrected chi connectivity index (χ2v) is 8.24. The van der Waals surface area contributed by atoms with Gasteiger partial charge in [0.15, 0.2) is 23.1 Å². The molecule has 36 heavy (non-hydrogen) atoms. The summed E-state index contributed by atoms with van der Waals surface area (Å²) in [4.78, 5) is 38.1. The Morgan fingerprint density at radius 1 is 0.889 bits per heavy atom. The topological polar surface area (TPSA) is 278 Å². The molecule has 0 aromatic heterocycles. The van der Waals surface area contributed by atoms with Gasteiger partial charge >= 0.3 is 5.97 Å². The monoisotopic (exact) mass is 509 g/mol. The summed E-state index contributed by atoms with van der Waals surface area (Å²) < 4.78 is 5.30. The van der Waals surface area contributed by atoms with Gasteiger partial charge in [0.25, 0.3) is 0 Å². The molecule has 0 spiro atoms. The molecule has 1 fully saturated rings. The highest BCUT2D eigenvalue weighted by Crippen LogP contribution is 2.52. The normalized spacial score (nSPS) is 25.1. The number of ether oxygens (including phenoxy) is 1. The highest BCUT2D eigenvalue weighted by atomic mass is 16.5. The molecule has 5 atom stereocenters. The van der Waals surface area contributed by atoms with Crippen molar-refractivity contribution in [2.24, 2.45) is 0 Å². The lowest BCUT2D eigenvalue weighted by Gasteiger charge is -2.40. The Labute approximate surface area is 201 Å². The average Bonchev–Trinajstić information content (AvgIpc) is 2.79. The van der Waals surface area contributed by atoms with E-state index < -0.39 is 111 Å². The number of hydrogen-bond acceptors (Lipinski definition) is 13. The number of aromatic carboxylic acids is 1. The number of rotatable bonds is 3. The van der Waals surface area contributed by atoms with E-state index in [1.54, 1.807) is 0 Å². The van der Waals surface area contributed by atoms with Crippen LogP contribution in [0.5, 0.6) is 23.0 Å². The van der Waals surface area contributed by atoms with Gasteiger partial charge in [-0.25, -0.2) is 4.79 Å². The molecular formula is C22H23NO13. The Morgan fingerprint density at radius 2 is 1.47 bits per heavy atom. The molecule has 0 saturated carbocycles. The molecule has 5 unspecified atom stereocenters. The highest BCUT2D eigenvalue weighted by Gasteiger charge is 2.48. The lowest BCUT2D eigenvalue weighted by molar-refractivity contribution is -0.232. The van der Waals surface area contributed by atoms with E-state index in [1.807, 2.05) is 0 Å². The van der Waals surface area contributed by atoms with E-state index in [1.165, 1.54) is 0 Å². The summed E-state index contributed by atoms with van der Waals surface area (Å²) in [6.45, 7) is 0.291. The predicted molar refractivity (Wildman–Crippen MR) is 116 cm³/mol. The second kappa shape index (κ2) is 9.02. The van der Waals surface area contributed by atoms with Crippen molar-refractivity contribution in [3.8, 4) is 23.0 Å². The van der Waals surface area contributed by atoms with E-state index in [9.17, 15) is 60.3 Å². The van der Waals surface area contributed by atoms with Gasteiger partial charge in [-0.3, -0.25) is 9.59 Å². The molecule has 4 rings (SSSR count). The minimum Gasteiger partial charge on any atom is -0.507 e. The van der Waals surface area contributed by atoms with Crippen LogP contribution in [0.2, 0.25) is 0 Å². The van der Waals surface area contributed by atoms with Crippen LogP contribution in [0.3, 0.4) is 0 Å². The van der Waals surface area contributed by atoms with Crippen LogP contribution in [-0.4, -0.2) is 94.5 Å². The van der Waals surface area contributed by atoms with Crippen molar-refractivity contribution in [3.05, 3.63) is 45.0 Å². The zero-order valence-electron chi connectivity index (χ0n) is 18.5. The van der Waals surface area contributed by atoms with Crippen molar-refractivity contribution in [2.75, 3.05) is 6.61 Å². The van der Waals surface area contributed by atoms with Crippen molar-refractivity contribution in [1.29, 1.82) is 0 Å². The van der Waals surface area contributed by atoms with Gasteiger partial charge in [-0.15, -0.1) is 0 Å². The first-order valence-corrected chi connectivity index (χ1v) is 10.2. The first-order valence-electron chi connectivity index (χ1n) is 10.2. The Hall–Kier alpha value is -3.79. The number of carboxylic acids is 1. The maximum Gasteiger partial charge on any atom is 0.339 e. The SMILES string of the molecule is Cc1c(C(=O)O)c(O)cc2c1C(=O)c1c(O)c(C3OC(CO)C(O)C(O)C3O)c(O)c(O)c1C2=O.N. The maximum absolute atomic E-state index is 13.4. The maximum atomic E-state index is 13.4. The van der Waals surface area contributed by atoms with E-state index in [2.05, 4.69) is 0 Å². The largest absolute Gasteiger partial charge is 0.507 e. The zero-order valence-corrected chi connectivity index (χ0v) is 18.5. The fourth-order valence-corrected chi connectivity index (χ4v) is 4.58. The van der Waals surface area contributed by atoms with Crippen molar-refractivity contribution in [2.45, 2.75) is 37.4 Å². The number of fused-ring (bicyclic) bond motifs is 2. The summed E-state index contributed by atoms with van der Waals surface area (Å²) in [6.07, 6.45) is -9.12. The third-order valence-corrected chi connectivity index (χ3v) is 6.33. The average molecular weight is 509 g/mol. The molecule has 0 amide bonds. The number of aliphatic hydroxyl groups excluding tert-OH is 4. The quantitative estimate of drug-likeness (QED) is 0.149. The lowest BCUT2D eigenvalue weighted by atomic mass is 9.77. The van der Waals surface area contributed by atoms with Crippen LogP contribution in [0.15, 0.2) is 6.07 Å². The third-order valence-electron chi connectivity index (χ3n) is 6.33. The summed E-state index contributed by atoms with van der Waals surface area (Å²) in [7, 11) is 0. The summed E-state index contributed by atoms with van der Waals surface area (Å²) in [5.41, 5.74) is -4.49. The summed E-state index contributed by atoms with van der Waals surface area (Å²) in [5, 5.41) is 91.5. The van der Waals surface area contributed by atoms with Gasteiger partial charge in [0.05, 0.1) is 23.3 Å². The molecule has 2 aliphatic rings. The van der Waals surface area contributed by atoms with Crippen LogP contribution < -0.4 is 6.15 Å². The first kappa shape index (κ1) is 26.8. The Morgan fingerprint density at radius 3 is 2.03 bits per heavy atom. The summed E-state index contributed by atoms with van der Waals surface area (Å²) in [5.74, 6) is -8.24. The number of phenolic OH excluding ortho intramolecular Hbond substituents is 3. The van der Waals surface area contributed by atoms with Gasteiger partial charge in [-0.05, 0) is 18.6 Å². The van der Waals surface area contributed by atoms with E-state index in [4.69, 9.17) is 4.74 Å². The standard InChI is InChI=1S/C22H20O13.H3N/c1-4-8-5(2-6(24)9(4)22(33)34)13(25)10-11(15(8)27)16(28)12(18(30)17(10)29)21-20(32)19(31)14(26)7(3-23)35-21;/h2,7,14,19-21,23-24,26,28-32H,3H2,1H3,(H,33,34);1H3. The van der Waals surface area contributed by atoms with Crippen molar-refractivity contribution in [3.63, 3.8) is 0 Å². The lowest BCUT2D eigenvalue weighted by Crippen LogP contribution is -2.55. The van der Waals surface area contributed by atoms with Gasteiger partial charge in [-0.1, -0.05) is 0 Å². The van der Waals surface area contributed by atoms with E-state index in [0.717, 1.165) is 6.92 Å². The molecule has 1 aliphatic heterocycles. The minimum absolute atomic E-state index is 0. The molecule has 194 valence electrons. The van der Waals surface area contributed by atoms with Crippen LogP contribution >= 0.6 is 0 Å². The van der Waals surface area contributed by atoms with Crippen LogP contribution in [0, 0.1) is 6.92 Å². The van der Waals surface area contributed by atoms with Gasteiger partial charge in [0, 0.05) is 11.1 Å². The Bertz CT molecular complexity index is 1300. The summed E-state index contributed by atoms with van der Waals surface area (Å²) >= 11 is 0. The van der Waals surface area contributed by atoms with Crippen LogP contribution in [-0.2, 0) is 4.74 Å². The van der Waals surface area contributed by atoms with E-state index in [0.29, 0.717) is 6.07 Å². The molecule has 2 aromatic rings. The smallest absolute Gasteiger partial charge is 0.339 e. The van der Waals surface area contributed by atoms with Crippen molar-refractivity contribution >= 4 is 17.5 Å². The number of carbonyl (C=O) groups is 3. The molecule has 12 N–H and O–H groups in total. The molecule has 0 bridgehead atoms. The number of benzene rings is 2. The predicted octanol–water partition coefficient (Wildman–Crippen LogP) is -1.03. The number of hydrogen-bond donors (Lipinski definition) is 10. The second-order valence-electron chi connectivity index (χ2n) is 8.24. The number of carboxylic acid groups (broad SMARTS) is 1. The molecule has 0 radical (unpaired) electrons. The molecule has 14 nitrogen and oxygen atoms in total. The van der Waals surface area contributed by atoms with Gasteiger partial charge in [0.1, 0.15) is 47.6 Å². The molecule has 1 heterocycles. The van der Waals surface area contributed by atoms with Gasteiger partial charge < -0.3 is 56.8 Å². The minimum atomic E-state index is -2.03. The van der Waals surface area contributed by atoms with E-state index in [-0.39, 0.29) is 11.7 Å².